The van der Waals surface area contributed by atoms with Crippen LogP contribution in [0.2, 0.25) is 0 Å². The van der Waals surface area contributed by atoms with Gasteiger partial charge in [0.05, 0.1) is 18.6 Å². The second-order valence-corrected chi connectivity index (χ2v) is 8.13. The maximum atomic E-state index is 13.0. The number of hydrogen-bond acceptors (Lipinski definition) is 4. The Hall–Kier alpha value is -2.18. The molecule has 1 saturated carbocycles. The van der Waals surface area contributed by atoms with Gasteiger partial charge in [-0.1, -0.05) is 12.8 Å². The van der Waals surface area contributed by atoms with Crippen LogP contribution in [0, 0.1) is 5.92 Å². The molecule has 1 aliphatic carbocycles. The normalized spacial score (nSPS) is 24.9. The lowest BCUT2D eigenvalue weighted by Crippen LogP contribution is -2.51. The quantitative estimate of drug-likeness (QED) is 0.785. The number of aromatic nitrogens is 2. The highest BCUT2D eigenvalue weighted by Crippen LogP contribution is 2.35. The monoisotopic (exact) mass is 372 g/mol. The number of amides is 2. The Morgan fingerprint density at radius 3 is 2.74 bits per heavy atom. The van der Waals surface area contributed by atoms with Gasteiger partial charge < -0.3 is 9.80 Å². The molecule has 4 rings (SSSR count). The van der Waals surface area contributed by atoms with Crippen molar-refractivity contribution < 1.29 is 9.59 Å². The van der Waals surface area contributed by atoms with E-state index in [2.05, 4.69) is 4.98 Å². The van der Waals surface area contributed by atoms with Gasteiger partial charge in [0.1, 0.15) is 6.54 Å². The number of fused-ring (bicyclic) bond motifs is 2. The molecular weight excluding hydrogens is 344 g/mol. The highest BCUT2D eigenvalue weighted by molar-refractivity contribution is 5.76. The predicted octanol–water partition coefficient (Wildman–Crippen LogP) is 1.33. The van der Waals surface area contributed by atoms with Gasteiger partial charge in [-0.25, -0.2) is 4.98 Å². The lowest BCUT2D eigenvalue weighted by molar-refractivity contribution is -0.138. The van der Waals surface area contributed by atoms with E-state index >= 15 is 0 Å². The van der Waals surface area contributed by atoms with Crippen molar-refractivity contribution in [3.63, 3.8) is 0 Å². The molecule has 146 valence electrons. The molecule has 7 nitrogen and oxygen atoms in total. The molecule has 0 radical (unpaired) electrons. The molecule has 27 heavy (non-hydrogen) atoms. The van der Waals surface area contributed by atoms with E-state index in [1.54, 1.807) is 4.90 Å². The summed E-state index contributed by atoms with van der Waals surface area (Å²) in [6, 6.07) is 0.352. The summed E-state index contributed by atoms with van der Waals surface area (Å²) in [6.07, 6.45) is 9.05. The second kappa shape index (κ2) is 7.44. The molecular formula is C20H28N4O3. The highest BCUT2D eigenvalue weighted by Gasteiger charge is 2.35. The zero-order valence-corrected chi connectivity index (χ0v) is 16.0. The van der Waals surface area contributed by atoms with Crippen molar-refractivity contribution in [3.05, 3.63) is 27.9 Å². The van der Waals surface area contributed by atoms with Gasteiger partial charge in [-0.3, -0.25) is 19.0 Å². The molecule has 0 bridgehead atoms. The standard InChI is InChI=1S/C20H28N4O3/c1-14(25)22-10-8-16-17(11-22)21-13-23(20(16)27)12-19(26)24-9-4-6-15-5-2-3-7-18(15)24/h13,15,18H,2-12H2,1H3/t15-,18-/m1/s1. The van der Waals surface area contributed by atoms with E-state index in [9.17, 15) is 14.4 Å². The number of carbonyl (C=O) groups excluding carboxylic acids is 2. The molecule has 0 spiro atoms. The van der Waals surface area contributed by atoms with E-state index in [1.165, 1.54) is 43.5 Å². The Balaban J connectivity index is 1.50. The Bertz CT molecular complexity index is 801. The summed E-state index contributed by atoms with van der Waals surface area (Å²) in [7, 11) is 0. The SMILES string of the molecule is CC(=O)N1CCc2c(ncn(CC(=O)N3CCC[C@H]4CCCC[C@H]43)c2=O)C1. The van der Waals surface area contributed by atoms with Crippen molar-refractivity contribution in [2.45, 2.75) is 71.0 Å². The Morgan fingerprint density at radius 2 is 1.93 bits per heavy atom. The number of piperidine rings is 1. The summed E-state index contributed by atoms with van der Waals surface area (Å²) in [5.41, 5.74) is 1.18. The molecule has 0 N–H and O–H groups in total. The summed E-state index contributed by atoms with van der Waals surface area (Å²) in [4.78, 5) is 45.5. The van der Waals surface area contributed by atoms with Gasteiger partial charge in [0.2, 0.25) is 11.8 Å². The fourth-order valence-electron chi connectivity index (χ4n) is 5.01. The van der Waals surface area contributed by atoms with E-state index in [4.69, 9.17) is 0 Å². The minimum atomic E-state index is -0.131. The average Bonchev–Trinajstić information content (AvgIpc) is 2.69. The largest absolute Gasteiger partial charge is 0.338 e. The Labute approximate surface area is 159 Å². The molecule has 2 atom stereocenters. The predicted molar refractivity (Wildman–Crippen MR) is 100.0 cm³/mol. The molecule has 2 amide bonds. The molecule has 1 aromatic heterocycles. The first kappa shape index (κ1) is 18.2. The first-order valence-electron chi connectivity index (χ1n) is 10.2. The summed E-state index contributed by atoms with van der Waals surface area (Å²) in [6.45, 7) is 3.32. The van der Waals surface area contributed by atoms with E-state index in [0.29, 0.717) is 42.7 Å². The van der Waals surface area contributed by atoms with Crippen LogP contribution in [0.4, 0.5) is 0 Å². The topological polar surface area (TPSA) is 75.5 Å². The van der Waals surface area contributed by atoms with Crippen LogP contribution < -0.4 is 5.56 Å². The number of hydrogen-bond donors (Lipinski definition) is 0. The number of nitrogens with zero attached hydrogens (tertiary/aromatic N) is 4. The van der Waals surface area contributed by atoms with Gasteiger partial charge in [-0.2, -0.15) is 0 Å². The van der Waals surface area contributed by atoms with E-state index in [0.717, 1.165) is 19.4 Å². The first-order chi connectivity index (χ1) is 13.0. The molecule has 0 unspecified atom stereocenters. The van der Waals surface area contributed by atoms with Gasteiger partial charge in [0.25, 0.3) is 5.56 Å². The van der Waals surface area contributed by atoms with Crippen LogP contribution in [0.3, 0.4) is 0 Å². The van der Waals surface area contributed by atoms with E-state index < -0.39 is 0 Å². The van der Waals surface area contributed by atoms with E-state index in [-0.39, 0.29) is 23.9 Å². The van der Waals surface area contributed by atoms with Gasteiger partial charge in [0.15, 0.2) is 0 Å². The van der Waals surface area contributed by atoms with Crippen LogP contribution in [0.5, 0.6) is 0 Å². The molecule has 1 aromatic rings. The van der Waals surface area contributed by atoms with Crippen LogP contribution >= 0.6 is 0 Å². The zero-order valence-electron chi connectivity index (χ0n) is 16.0. The van der Waals surface area contributed by atoms with Crippen molar-refractivity contribution in [1.82, 2.24) is 19.4 Å². The molecule has 3 aliphatic rings. The van der Waals surface area contributed by atoms with Crippen molar-refractivity contribution >= 4 is 11.8 Å². The maximum absolute atomic E-state index is 13.0. The molecule has 2 aliphatic heterocycles. The number of carbonyl (C=O) groups is 2. The van der Waals surface area contributed by atoms with Crippen LogP contribution in [-0.2, 0) is 29.1 Å². The van der Waals surface area contributed by atoms with E-state index in [1.807, 2.05) is 4.90 Å². The first-order valence-corrected chi connectivity index (χ1v) is 10.2. The Kier molecular flexibility index (Phi) is 5.02. The van der Waals surface area contributed by atoms with Crippen LogP contribution in [0.15, 0.2) is 11.1 Å². The minimum Gasteiger partial charge on any atom is -0.338 e. The fourth-order valence-corrected chi connectivity index (χ4v) is 5.01. The summed E-state index contributed by atoms with van der Waals surface area (Å²) < 4.78 is 1.46. The van der Waals surface area contributed by atoms with Crippen LogP contribution in [0.1, 0.15) is 56.7 Å². The fraction of sp³-hybridized carbons (Fsp3) is 0.700. The van der Waals surface area contributed by atoms with Crippen LogP contribution in [-0.4, -0.2) is 50.3 Å². The zero-order chi connectivity index (χ0) is 19.0. The van der Waals surface area contributed by atoms with Crippen molar-refractivity contribution in [1.29, 1.82) is 0 Å². The number of likely N-dealkylation sites (tertiary alicyclic amines) is 1. The molecule has 1 saturated heterocycles. The summed E-state index contributed by atoms with van der Waals surface area (Å²) in [5, 5.41) is 0. The van der Waals surface area contributed by atoms with Gasteiger partial charge in [-0.05, 0) is 38.0 Å². The summed E-state index contributed by atoms with van der Waals surface area (Å²) >= 11 is 0. The highest BCUT2D eigenvalue weighted by atomic mass is 16.2. The lowest BCUT2D eigenvalue weighted by atomic mass is 9.78. The molecule has 0 aromatic carbocycles. The third-order valence-corrected chi connectivity index (χ3v) is 6.51. The third-order valence-electron chi connectivity index (χ3n) is 6.51. The number of rotatable bonds is 2. The maximum Gasteiger partial charge on any atom is 0.257 e. The van der Waals surface area contributed by atoms with Gasteiger partial charge in [0, 0.05) is 31.6 Å². The van der Waals surface area contributed by atoms with Gasteiger partial charge in [-0.15, -0.1) is 0 Å². The Morgan fingerprint density at radius 1 is 1.15 bits per heavy atom. The average molecular weight is 372 g/mol. The lowest BCUT2D eigenvalue weighted by Gasteiger charge is -2.44. The van der Waals surface area contributed by atoms with Crippen LogP contribution in [0.25, 0.3) is 0 Å². The van der Waals surface area contributed by atoms with Gasteiger partial charge >= 0.3 is 0 Å². The van der Waals surface area contributed by atoms with Crippen molar-refractivity contribution in [2.24, 2.45) is 5.92 Å². The van der Waals surface area contributed by atoms with Crippen molar-refractivity contribution in [3.8, 4) is 0 Å². The molecule has 7 heteroatoms. The minimum absolute atomic E-state index is 0.00561. The smallest absolute Gasteiger partial charge is 0.257 e. The second-order valence-electron chi connectivity index (χ2n) is 8.13. The molecule has 3 heterocycles. The van der Waals surface area contributed by atoms with Crippen molar-refractivity contribution in [2.75, 3.05) is 13.1 Å². The summed E-state index contributed by atoms with van der Waals surface area (Å²) in [5.74, 6) is 0.665. The molecule has 2 fully saturated rings. The third kappa shape index (κ3) is 3.51.